The molecule has 0 radical (unpaired) electrons. The molecule has 1 aromatic heterocycles. The van der Waals surface area contributed by atoms with Crippen molar-refractivity contribution in [1.82, 2.24) is 9.97 Å². The van der Waals surface area contributed by atoms with Crippen molar-refractivity contribution in [2.45, 2.75) is 37.6 Å². The number of thioether (sulfide) groups is 1. The van der Waals surface area contributed by atoms with Gasteiger partial charge in [0.05, 0.1) is 11.0 Å². The number of aliphatic carboxylic acids is 1. The Bertz CT molecular complexity index is 592. The molecule has 2 N–H and O–H groups in total. The molecule has 0 amide bonds. The summed E-state index contributed by atoms with van der Waals surface area (Å²) in [5.41, 5.74) is 3.09. The van der Waals surface area contributed by atoms with E-state index in [2.05, 4.69) is 29.0 Å². The van der Waals surface area contributed by atoms with Crippen LogP contribution in [0.4, 0.5) is 0 Å². The van der Waals surface area contributed by atoms with E-state index in [1.807, 2.05) is 19.9 Å². The third kappa shape index (κ3) is 3.10. The summed E-state index contributed by atoms with van der Waals surface area (Å²) in [6.07, 6.45) is 0.973. The molecule has 0 aliphatic heterocycles. The molecule has 0 bridgehead atoms. The normalized spacial score (nSPS) is 13.1. The molecule has 1 heterocycles. The summed E-state index contributed by atoms with van der Waals surface area (Å²) in [6, 6.07) is 6.09. The van der Waals surface area contributed by atoms with Gasteiger partial charge >= 0.3 is 5.97 Å². The van der Waals surface area contributed by atoms with Crippen LogP contribution in [0.3, 0.4) is 0 Å². The molecule has 0 fully saturated rings. The van der Waals surface area contributed by atoms with E-state index in [1.165, 1.54) is 17.3 Å². The lowest BCUT2D eigenvalue weighted by Crippen LogP contribution is -2.22. The van der Waals surface area contributed by atoms with Gasteiger partial charge in [-0.2, -0.15) is 0 Å². The Morgan fingerprint density at radius 3 is 2.79 bits per heavy atom. The average Bonchev–Trinajstić information content (AvgIpc) is 2.76. The Morgan fingerprint density at radius 1 is 1.47 bits per heavy atom. The van der Waals surface area contributed by atoms with E-state index >= 15 is 0 Å². The summed E-state index contributed by atoms with van der Waals surface area (Å²) >= 11 is 1.28. The standard InChI is InChI=1S/C14H18N2O2S/c1-4-9-5-6-10-11(7-9)16-14(15-10)19-12(8(2)3)13(17)18/h5-8,12H,4H2,1-3H3,(H,15,16)(H,17,18). The summed E-state index contributed by atoms with van der Waals surface area (Å²) in [4.78, 5) is 18.8. The number of H-pyrrole nitrogens is 1. The number of imidazole rings is 1. The number of nitrogens with one attached hydrogen (secondary N) is 1. The van der Waals surface area contributed by atoms with Gasteiger partial charge in [0.15, 0.2) is 5.16 Å². The van der Waals surface area contributed by atoms with Crippen LogP contribution in [0.1, 0.15) is 26.3 Å². The van der Waals surface area contributed by atoms with Gasteiger partial charge in [-0.1, -0.05) is 38.6 Å². The number of aromatic nitrogens is 2. The molecule has 2 aromatic rings. The van der Waals surface area contributed by atoms with Crippen LogP contribution >= 0.6 is 11.8 Å². The van der Waals surface area contributed by atoms with E-state index in [9.17, 15) is 9.90 Å². The van der Waals surface area contributed by atoms with Crippen LogP contribution in [0.5, 0.6) is 0 Å². The van der Waals surface area contributed by atoms with Gasteiger partial charge in [0.1, 0.15) is 5.25 Å². The van der Waals surface area contributed by atoms with E-state index in [0.29, 0.717) is 5.16 Å². The largest absolute Gasteiger partial charge is 0.480 e. The van der Waals surface area contributed by atoms with Crippen molar-refractivity contribution in [2.75, 3.05) is 0 Å². The van der Waals surface area contributed by atoms with Gasteiger partial charge in [-0.15, -0.1) is 0 Å². The van der Waals surface area contributed by atoms with Crippen molar-refractivity contribution in [1.29, 1.82) is 0 Å². The van der Waals surface area contributed by atoms with Crippen LogP contribution in [0.25, 0.3) is 11.0 Å². The molecule has 1 atom stereocenters. The lowest BCUT2D eigenvalue weighted by molar-refractivity contribution is -0.137. The van der Waals surface area contributed by atoms with Crippen molar-refractivity contribution in [3.8, 4) is 0 Å². The maximum absolute atomic E-state index is 11.2. The number of fused-ring (bicyclic) bond motifs is 1. The van der Waals surface area contributed by atoms with Crippen LogP contribution < -0.4 is 0 Å². The highest BCUT2D eigenvalue weighted by Crippen LogP contribution is 2.28. The smallest absolute Gasteiger partial charge is 0.317 e. The predicted molar refractivity (Wildman–Crippen MR) is 77.6 cm³/mol. The molecule has 0 aliphatic carbocycles. The maximum Gasteiger partial charge on any atom is 0.317 e. The minimum absolute atomic E-state index is 0.0573. The van der Waals surface area contributed by atoms with Crippen LogP contribution in [-0.4, -0.2) is 26.3 Å². The zero-order valence-corrected chi connectivity index (χ0v) is 12.1. The molecule has 5 heteroatoms. The quantitative estimate of drug-likeness (QED) is 0.823. The van der Waals surface area contributed by atoms with E-state index in [1.54, 1.807) is 0 Å². The van der Waals surface area contributed by atoms with Crippen molar-refractivity contribution < 1.29 is 9.90 Å². The first-order valence-electron chi connectivity index (χ1n) is 6.39. The molecule has 102 valence electrons. The Kier molecular flexibility index (Phi) is 4.14. The highest BCUT2D eigenvalue weighted by Gasteiger charge is 2.24. The lowest BCUT2D eigenvalue weighted by atomic mass is 10.1. The molecular formula is C14H18N2O2S. The molecular weight excluding hydrogens is 260 g/mol. The van der Waals surface area contributed by atoms with Gasteiger partial charge in [0.2, 0.25) is 0 Å². The minimum Gasteiger partial charge on any atom is -0.480 e. The van der Waals surface area contributed by atoms with Crippen LogP contribution in [0.15, 0.2) is 23.4 Å². The molecule has 1 aromatic carbocycles. The summed E-state index contributed by atoms with van der Waals surface area (Å²) in [5, 5.41) is 9.39. The van der Waals surface area contributed by atoms with Crippen LogP contribution in [-0.2, 0) is 11.2 Å². The molecule has 2 rings (SSSR count). The topological polar surface area (TPSA) is 66.0 Å². The highest BCUT2D eigenvalue weighted by molar-refractivity contribution is 8.00. The molecule has 19 heavy (non-hydrogen) atoms. The third-order valence-electron chi connectivity index (χ3n) is 3.02. The Balaban J connectivity index is 2.28. The second-order valence-electron chi connectivity index (χ2n) is 4.87. The molecule has 0 spiro atoms. The Morgan fingerprint density at radius 2 is 2.21 bits per heavy atom. The number of rotatable bonds is 5. The highest BCUT2D eigenvalue weighted by atomic mass is 32.2. The fourth-order valence-corrected chi connectivity index (χ4v) is 2.83. The van der Waals surface area contributed by atoms with Gasteiger partial charge < -0.3 is 10.1 Å². The van der Waals surface area contributed by atoms with Gasteiger partial charge in [-0.25, -0.2) is 4.98 Å². The molecule has 0 saturated carbocycles. The van der Waals surface area contributed by atoms with Crippen molar-refractivity contribution in [3.05, 3.63) is 23.8 Å². The number of aryl methyl sites for hydroxylation is 1. The van der Waals surface area contributed by atoms with Crippen molar-refractivity contribution in [2.24, 2.45) is 5.92 Å². The third-order valence-corrected chi connectivity index (χ3v) is 4.44. The summed E-state index contributed by atoms with van der Waals surface area (Å²) in [7, 11) is 0. The average molecular weight is 278 g/mol. The maximum atomic E-state index is 11.2. The second kappa shape index (κ2) is 5.65. The number of benzene rings is 1. The predicted octanol–water partition coefficient (Wildman–Crippen LogP) is 3.33. The number of hydrogen-bond acceptors (Lipinski definition) is 3. The van der Waals surface area contributed by atoms with Crippen LogP contribution in [0, 0.1) is 5.92 Å². The first-order chi connectivity index (χ1) is 9.01. The van der Waals surface area contributed by atoms with Gasteiger partial charge in [0, 0.05) is 0 Å². The first kappa shape index (κ1) is 13.9. The van der Waals surface area contributed by atoms with E-state index in [4.69, 9.17) is 0 Å². The molecule has 4 nitrogen and oxygen atoms in total. The van der Waals surface area contributed by atoms with Gasteiger partial charge in [0.25, 0.3) is 0 Å². The van der Waals surface area contributed by atoms with Crippen molar-refractivity contribution in [3.63, 3.8) is 0 Å². The van der Waals surface area contributed by atoms with Gasteiger partial charge in [-0.3, -0.25) is 4.79 Å². The van der Waals surface area contributed by atoms with E-state index in [0.717, 1.165) is 17.5 Å². The number of aromatic amines is 1. The van der Waals surface area contributed by atoms with Crippen LogP contribution in [0.2, 0.25) is 0 Å². The number of carboxylic acid groups (broad SMARTS) is 1. The number of carboxylic acids is 1. The number of hydrogen-bond donors (Lipinski definition) is 2. The number of carbonyl (C=O) groups is 1. The molecule has 1 unspecified atom stereocenters. The molecule has 0 aliphatic rings. The SMILES string of the molecule is CCc1ccc2nc(SC(C(=O)O)C(C)C)[nH]c2c1. The zero-order valence-electron chi connectivity index (χ0n) is 11.3. The van der Waals surface area contributed by atoms with Crippen molar-refractivity contribution >= 4 is 28.8 Å². The summed E-state index contributed by atoms with van der Waals surface area (Å²) < 4.78 is 0. The van der Waals surface area contributed by atoms with E-state index < -0.39 is 11.2 Å². The van der Waals surface area contributed by atoms with E-state index in [-0.39, 0.29) is 5.92 Å². The fourth-order valence-electron chi connectivity index (χ4n) is 1.90. The fraction of sp³-hybridized carbons (Fsp3) is 0.429. The van der Waals surface area contributed by atoms with Gasteiger partial charge in [-0.05, 0) is 30.0 Å². The summed E-state index contributed by atoms with van der Waals surface area (Å²) in [6.45, 7) is 5.92. The molecule has 0 saturated heterocycles. The Labute approximate surface area is 116 Å². The Hall–Kier alpha value is -1.49. The zero-order chi connectivity index (χ0) is 14.0. The summed E-state index contributed by atoms with van der Waals surface area (Å²) in [5.74, 6) is -0.739. The second-order valence-corrected chi connectivity index (χ2v) is 6.00. The lowest BCUT2D eigenvalue weighted by Gasteiger charge is -2.13. The first-order valence-corrected chi connectivity index (χ1v) is 7.27. The minimum atomic E-state index is -0.797. The number of nitrogens with zero attached hydrogens (tertiary/aromatic N) is 1. The monoisotopic (exact) mass is 278 g/mol.